The molecular formula is C24H23FN2O4S. The van der Waals surface area contributed by atoms with Gasteiger partial charge in [0.2, 0.25) is 0 Å². The number of para-hydroxylation sites is 2. The van der Waals surface area contributed by atoms with Crippen LogP contribution in [-0.2, 0) is 16.4 Å². The van der Waals surface area contributed by atoms with Crippen LogP contribution in [0.5, 0.6) is 5.75 Å². The fourth-order valence-corrected chi connectivity index (χ4v) is 5.00. The van der Waals surface area contributed by atoms with Crippen molar-refractivity contribution in [1.29, 1.82) is 0 Å². The number of fused-ring (bicyclic) bond motifs is 1. The minimum atomic E-state index is -3.96. The summed E-state index contributed by atoms with van der Waals surface area (Å²) >= 11 is 0. The molecular weight excluding hydrogens is 431 g/mol. The molecule has 1 aliphatic carbocycles. The Bertz CT molecular complexity index is 1290. The number of methoxy groups -OCH3 is 1. The van der Waals surface area contributed by atoms with Crippen LogP contribution in [0, 0.1) is 12.7 Å². The van der Waals surface area contributed by atoms with E-state index in [1.807, 2.05) is 0 Å². The molecule has 0 radical (unpaired) electrons. The van der Waals surface area contributed by atoms with Gasteiger partial charge in [-0.05, 0) is 72.9 Å². The maximum Gasteiger partial charge on any atom is 0.262 e. The molecule has 4 rings (SSSR count). The number of carbonyl (C=O) groups excluding carboxylic acids is 1. The largest absolute Gasteiger partial charge is 0.495 e. The molecule has 0 spiro atoms. The number of halogens is 1. The number of amides is 1. The number of nitrogens with one attached hydrogen (secondary N) is 2. The van der Waals surface area contributed by atoms with E-state index in [4.69, 9.17) is 4.74 Å². The Morgan fingerprint density at radius 3 is 2.66 bits per heavy atom. The fraction of sp³-hybridized carbons (Fsp3) is 0.208. The van der Waals surface area contributed by atoms with Crippen molar-refractivity contribution in [3.05, 3.63) is 88.7 Å². The Hall–Kier alpha value is -3.39. The van der Waals surface area contributed by atoms with Gasteiger partial charge in [0.15, 0.2) is 0 Å². The van der Waals surface area contributed by atoms with Crippen LogP contribution in [0.25, 0.3) is 0 Å². The molecule has 8 heteroatoms. The van der Waals surface area contributed by atoms with Crippen molar-refractivity contribution in [2.45, 2.75) is 30.7 Å². The minimum absolute atomic E-state index is 0.0444. The van der Waals surface area contributed by atoms with Crippen LogP contribution in [0.3, 0.4) is 0 Å². The van der Waals surface area contributed by atoms with Crippen LogP contribution in [-0.4, -0.2) is 21.4 Å². The third kappa shape index (κ3) is 4.31. The summed E-state index contributed by atoms with van der Waals surface area (Å²) in [7, 11) is -2.51. The number of anilines is 1. The van der Waals surface area contributed by atoms with Gasteiger partial charge in [-0.25, -0.2) is 12.8 Å². The molecule has 0 aromatic heterocycles. The Morgan fingerprint density at radius 1 is 1.09 bits per heavy atom. The molecule has 3 aromatic rings. The summed E-state index contributed by atoms with van der Waals surface area (Å²) in [5.74, 6) is -0.371. The van der Waals surface area contributed by atoms with Gasteiger partial charge in [-0.1, -0.05) is 24.3 Å². The standard InChI is InChI=1S/C24H23FN2O4S/c1-15-7-11-18(32(29,30)27-22-5-3-4-6-23(22)31-2)14-19(15)24(28)26-21-12-9-16-8-10-17(25)13-20(16)21/h3-8,10-11,13-14,21,27H,9,12H2,1-2H3,(H,26,28). The van der Waals surface area contributed by atoms with Crippen LogP contribution in [0.1, 0.15) is 39.5 Å². The van der Waals surface area contributed by atoms with Crippen molar-refractivity contribution in [3.8, 4) is 5.75 Å². The highest BCUT2D eigenvalue weighted by atomic mass is 32.2. The average Bonchev–Trinajstić information content (AvgIpc) is 3.15. The molecule has 166 valence electrons. The molecule has 0 bridgehead atoms. The van der Waals surface area contributed by atoms with Gasteiger partial charge in [0.05, 0.1) is 23.7 Å². The minimum Gasteiger partial charge on any atom is -0.495 e. The molecule has 2 N–H and O–H groups in total. The van der Waals surface area contributed by atoms with E-state index in [9.17, 15) is 17.6 Å². The summed E-state index contributed by atoms with van der Waals surface area (Å²) in [6.07, 6.45) is 1.41. The first kappa shape index (κ1) is 21.8. The molecule has 1 amide bonds. The second kappa shape index (κ2) is 8.63. The summed E-state index contributed by atoms with van der Waals surface area (Å²) in [6.45, 7) is 1.74. The summed E-state index contributed by atoms with van der Waals surface area (Å²) < 4.78 is 47.3. The fourth-order valence-electron chi connectivity index (χ4n) is 3.90. The number of benzene rings is 3. The highest BCUT2D eigenvalue weighted by molar-refractivity contribution is 7.92. The average molecular weight is 455 g/mol. The molecule has 0 fully saturated rings. The first-order valence-electron chi connectivity index (χ1n) is 10.1. The third-order valence-corrected chi connectivity index (χ3v) is 6.97. The number of aryl methyl sites for hydroxylation is 2. The maximum absolute atomic E-state index is 13.7. The first-order valence-corrected chi connectivity index (χ1v) is 11.6. The van der Waals surface area contributed by atoms with Crippen LogP contribution in [0.15, 0.2) is 65.6 Å². The van der Waals surface area contributed by atoms with Gasteiger partial charge in [0, 0.05) is 5.56 Å². The van der Waals surface area contributed by atoms with E-state index < -0.39 is 15.9 Å². The molecule has 0 heterocycles. The van der Waals surface area contributed by atoms with Crippen molar-refractivity contribution in [2.24, 2.45) is 0 Å². The van der Waals surface area contributed by atoms with Crippen molar-refractivity contribution in [3.63, 3.8) is 0 Å². The van der Waals surface area contributed by atoms with Crippen LogP contribution in [0.2, 0.25) is 0 Å². The van der Waals surface area contributed by atoms with E-state index in [1.54, 1.807) is 43.3 Å². The quantitative estimate of drug-likeness (QED) is 0.580. The van der Waals surface area contributed by atoms with Crippen LogP contribution >= 0.6 is 0 Å². The van der Waals surface area contributed by atoms with Gasteiger partial charge in [-0.2, -0.15) is 0 Å². The van der Waals surface area contributed by atoms with E-state index in [0.717, 1.165) is 17.5 Å². The van der Waals surface area contributed by atoms with Crippen molar-refractivity contribution in [1.82, 2.24) is 5.32 Å². The Balaban J connectivity index is 1.59. The topological polar surface area (TPSA) is 84.5 Å². The van der Waals surface area contributed by atoms with Crippen molar-refractivity contribution >= 4 is 21.6 Å². The number of rotatable bonds is 6. The summed E-state index contributed by atoms with van der Waals surface area (Å²) in [6, 6.07) is 15.3. The second-order valence-corrected chi connectivity index (χ2v) is 9.37. The SMILES string of the molecule is COc1ccccc1NS(=O)(=O)c1ccc(C)c(C(=O)NC2CCc3ccc(F)cc32)c1. The lowest BCUT2D eigenvalue weighted by Crippen LogP contribution is -2.28. The van der Waals surface area contributed by atoms with E-state index in [0.29, 0.717) is 23.4 Å². The lowest BCUT2D eigenvalue weighted by atomic mass is 10.1. The predicted octanol–water partition coefficient (Wildman–Crippen LogP) is 4.36. The van der Waals surface area contributed by atoms with E-state index >= 15 is 0 Å². The number of sulfonamides is 1. The molecule has 0 aliphatic heterocycles. The second-order valence-electron chi connectivity index (χ2n) is 7.69. The monoisotopic (exact) mass is 454 g/mol. The van der Waals surface area contributed by atoms with Gasteiger partial charge in [0.25, 0.3) is 15.9 Å². The third-order valence-electron chi connectivity index (χ3n) is 5.61. The van der Waals surface area contributed by atoms with Gasteiger partial charge in [-0.15, -0.1) is 0 Å². The number of hydrogen-bond donors (Lipinski definition) is 2. The maximum atomic E-state index is 13.7. The first-order chi connectivity index (χ1) is 15.3. The highest BCUT2D eigenvalue weighted by Gasteiger charge is 2.26. The Morgan fingerprint density at radius 2 is 1.88 bits per heavy atom. The zero-order valence-corrected chi connectivity index (χ0v) is 18.5. The van der Waals surface area contributed by atoms with Crippen LogP contribution < -0.4 is 14.8 Å². The number of hydrogen-bond acceptors (Lipinski definition) is 4. The number of carbonyl (C=O) groups is 1. The molecule has 6 nitrogen and oxygen atoms in total. The lowest BCUT2D eigenvalue weighted by Gasteiger charge is -2.16. The number of ether oxygens (including phenoxy) is 1. The predicted molar refractivity (Wildman–Crippen MR) is 120 cm³/mol. The van der Waals surface area contributed by atoms with Gasteiger partial charge < -0.3 is 10.1 Å². The van der Waals surface area contributed by atoms with Gasteiger partial charge in [-0.3, -0.25) is 9.52 Å². The van der Waals surface area contributed by atoms with Crippen molar-refractivity contribution in [2.75, 3.05) is 11.8 Å². The van der Waals surface area contributed by atoms with Gasteiger partial charge >= 0.3 is 0 Å². The normalized spacial score (nSPS) is 15.2. The lowest BCUT2D eigenvalue weighted by molar-refractivity contribution is 0.0936. The highest BCUT2D eigenvalue weighted by Crippen LogP contribution is 2.32. The van der Waals surface area contributed by atoms with E-state index in [2.05, 4.69) is 10.0 Å². The molecule has 0 saturated carbocycles. The van der Waals surface area contributed by atoms with E-state index in [1.165, 1.54) is 31.4 Å². The van der Waals surface area contributed by atoms with Crippen LogP contribution in [0.4, 0.5) is 10.1 Å². The van der Waals surface area contributed by atoms with Gasteiger partial charge in [0.1, 0.15) is 11.6 Å². The summed E-state index contributed by atoms with van der Waals surface area (Å²) in [5, 5.41) is 2.93. The molecule has 1 atom stereocenters. The summed E-state index contributed by atoms with van der Waals surface area (Å²) in [5.41, 5.74) is 2.95. The molecule has 0 saturated heterocycles. The zero-order valence-electron chi connectivity index (χ0n) is 17.7. The molecule has 32 heavy (non-hydrogen) atoms. The molecule has 1 aliphatic rings. The van der Waals surface area contributed by atoms with Crippen molar-refractivity contribution < 1.29 is 22.3 Å². The van der Waals surface area contributed by atoms with E-state index in [-0.39, 0.29) is 22.3 Å². The zero-order chi connectivity index (χ0) is 22.9. The molecule has 1 unspecified atom stereocenters. The Kier molecular flexibility index (Phi) is 5.88. The Labute approximate surface area is 186 Å². The summed E-state index contributed by atoms with van der Waals surface area (Å²) in [4.78, 5) is 13.0. The smallest absolute Gasteiger partial charge is 0.262 e. The molecule has 3 aromatic carbocycles.